The zero-order chi connectivity index (χ0) is 18.4. The van der Waals surface area contributed by atoms with Crippen molar-refractivity contribution in [2.75, 3.05) is 0 Å². The van der Waals surface area contributed by atoms with E-state index in [1.807, 2.05) is 25.1 Å². The SMILES string of the molecule is CCCCC1CCC(C(=O)NCc2sc(-c3ccccc3)nc2C)CC1. The molecule has 0 radical (unpaired) electrons. The average molecular weight is 371 g/mol. The Kier molecular flexibility index (Phi) is 6.84. The summed E-state index contributed by atoms with van der Waals surface area (Å²) in [4.78, 5) is 18.4. The first-order chi connectivity index (χ1) is 12.7. The second kappa shape index (κ2) is 9.31. The molecule has 0 bridgehead atoms. The van der Waals surface area contributed by atoms with Gasteiger partial charge in [0.05, 0.1) is 12.2 Å². The number of carbonyl (C=O) groups excluding carboxylic acids is 1. The standard InChI is InChI=1S/C22H30N2OS/c1-3-4-8-17-11-13-18(14-12-17)21(25)23-15-20-16(2)24-22(26-20)19-9-6-5-7-10-19/h5-7,9-10,17-18H,3-4,8,11-15H2,1-2H3,(H,23,25). The van der Waals surface area contributed by atoms with Crippen molar-refractivity contribution in [3.8, 4) is 10.6 Å². The highest BCUT2D eigenvalue weighted by Crippen LogP contribution is 2.32. The van der Waals surface area contributed by atoms with Crippen molar-refractivity contribution < 1.29 is 4.79 Å². The highest BCUT2D eigenvalue weighted by molar-refractivity contribution is 7.15. The van der Waals surface area contributed by atoms with E-state index in [-0.39, 0.29) is 11.8 Å². The van der Waals surface area contributed by atoms with Crippen molar-refractivity contribution in [3.63, 3.8) is 0 Å². The van der Waals surface area contributed by atoms with E-state index < -0.39 is 0 Å². The Morgan fingerprint density at radius 3 is 2.62 bits per heavy atom. The number of aromatic nitrogens is 1. The van der Waals surface area contributed by atoms with Gasteiger partial charge in [0.15, 0.2) is 0 Å². The Balaban J connectivity index is 1.50. The molecule has 0 atom stereocenters. The van der Waals surface area contributed by atoms with Crippen LogP contribution in [-0.4, -0.2) is 10.9 Å². The van der Waals surface area contributed by atoms with Gasteiger partial charge in [-0.3, -0.25) is 4.79 Å². The number of rotatable bonds is 7. The Morgan fingerprint density at radius 1 is 1.19 bits per heavy atom. The number of hydrogen-bond acceptors (Lipinski definition) is 3. The largest absolute Gasteiger partial charge is 0.351 e. The quantitative estimate of drug-likeness (QED) is 0.676. The highest BCUT2D eigenvalue weighted by atomic mass is 32.1. The first kappa shape index (κ1) is 19.1. The molecule has 0 saturated heterocycles. The summed E-state index contributed by atoms with van der Waals surface area (Å²) in [6, 6.07) is 10.2. The van der Waals surface area contributed by atoms with Gasteiger partial charge in [-0.1, -0.05) is 56.5 Å². The molecule has 140 valence electrons. The number of amides is 1. The molecule has 3 nitrogen and oxygen atoms in total. The maximum atomic E-state index is 12.6. The second-order valence-electron chi connectivity index (χ2n) is 7.47. The third-order valence-electron chi connectivity index (χ3n) is 5.52. The van der Waals surface area contributed by atoms with E-state index >= 15 is 0 Å². The van der Waals surface area contributed by atoms with Crippen LogP contribution in [0.1, 0.15) is 62.4 Å². The fourth-order valence-electron chi connectivity index (χ4n) is 3.81. The first-order valence-electron chi connectivity index (χ1n) is 9.96. The molecule has 0 spiro atoms. The Bertz CT molecular complexity index is 702. The zero-order valence-electron chi connectivity index (χ0n) is 16.0. The maximum absolute atomic E-state index is 12.6. The van der Waals surface area contributed by atoms with Crippen LogP contribution in [0.15, 0.2) is 30.3 Å². The van der Waals surface area contributed by atoms with Crippen molar-refractivity contribution in [3.05, 3.63) is 40.9 Å². The third-order valence-corrected chi connectivity index (χ3v) is 6.73. The molecule has 4 heteroatoms. The summed E-state index contributed by atoms with van der Waals surface area (Å²) in [5.41, 5.74) is 2.17. The zero-order valence-corrected chi connectivity index (χ0v) is 16.8. The van der Waals surface area contributed by atoms with Crippen LogP contribution in [0.3, 0.4) is 0 Å². The van der Waals surface area contributed by atoms with Gasteiger partial charge in [0, 0.05) is 16.4 Å². The lowest BCUT2D eigenvalue weighted by atomic mass is 9.79. The van der Waals surface area contributed by atoms with E-state index in [9.17, 15) is 4.79 Å². The molecule has 1 N–H and O–H groups in total. The van der Waals surface area contributed by atoms with Crippen LogP contribution < -0.4 is 5.32 Å². The summed E-state index contributed by atoms with van der Waals surface area (Å²) in [7, 11) is 0. The van der Waals surface area contributed by atoms with Crippen LogP contribution >= 0.6 is 11.3 Å². The topological polar surface area (TPSA) is 42.0 Å². The first-order valence-corrected chi connectivity index (χ1v) is 10.8. The molecule has 3 rings (SSSR count). The van der Waals surface area contributed by atoms with Crippen molar-refractivity contribution >= 4 is 17.2 Å². The average Bonchev–Trinajstić information content (AvgIpc) is 3.06. The molecule has 1 fully saturated rings. The normalized spacial score (nSPS) is 20.1. The molecule has 1 saturated carbocycles. The molecule has 1 aromatic heterocycles. The van der Waals surface area contributed by atoms with Gasteiger partial charge in [0.25, 0.3) is 0 Å². The minimum atomic E-state index is 0.203. The lowest BCUT2D eigenvalue weighted by molar-refractivity contribution is -0.126. The summed E-state index contributed by atoms with van der Waals surface area (Å²) in [6.45, 7) is 4.89. The van der Waals surface area contributed by atoms with Crippen molar-refractivity contribution in [2.24, 2.45) is 11.8 Å². The summed E-state index contributed by atoms with van der Waals surface area (Å²) in [5.74, 6) is 1.28. The number of unbranched alkanes of at least 4 members (excludes halogenated alkanes) is 1. The van der Waals surface area contributed by atoms with Crippen molar-refractivity contribution in [2.45, 2.75) is 65.3 Å². The molecule has 1 amide bonds. The molecule has 1 aliphatic carbocycles. The summed E-state index contributed by atoms with van der Waals surface area (Å²) in [5, 5.41) is 4.20. The van der Waals surface area contributed by atoms with E-state index in [4.69, 9.17) is 0 Å². The van der Waals surface area contributed by atoms with Crippen LogP contribution in [0.2, 0.25) is 0 Å². The van der Waals surface area contributed by atoms with Gasteiger partial charge in [-0.25, -0.2) is 4.98 Å². The molecule has 0 aliphatic heterocycles. The monoisotopic (exact) mass is 370 g/mol. The Labute approximate surface area is 161 Å². The minimum Gasteiger partial charge on any atom is -0.351 e. The van der Waals surface area contributed by atoms with Crippen molar-refractivity contribution in [1.82, 2.24) is 10.3 Å². The van der Waals surface area contributed by atoms with Gasteiger partial charge >= 0.3 is 0 Å². The smallest absolute Gasteiger partial charge is 0.223 e. The van der Waals surface area contributed by atoms with Crippen molar-refractivity contribution in [1.29, 1.82) is 0 Å². The minimum absolute atomic E-state index is 0.203. The number of nitrogens with zero attached hydrogens (tertiary/aromatic N) is 1. The molecule has 2 aromatic rings. The fourth-order valence-corrected chi connectivity index (χ4v) is 4.82. The summed E-state index contributed by atoms with van der Waals surface area (Å²) >= 11 is 1.68. The Morgan fingerprint density at radius 2 is 1.92 bits per heavy atom. The maximum Gasteiger partial charge on any atom is 0.223 e. The van der Waals surface area contributed by atoms with E-state index in [1.165, 1.54) is 32.1 Å². The van der Waals surface area contributed by atoms with Crippen LogP contribution in [-0.2, 0) is 11.3 Å². The van der Waals surface area contributed by atoms with Gasteiger partial charge in [0.2, 0.25) is 5.91 Å². The number of benzene rings is 1. The molecule has 1 aliphatic rings. The van der Waals surface area contributed by atoms with Gasteiger partial charge in [-0.05, 0) is 38.5 Å². The van der Waals surface area contributed by atoms with E-state index in [0.717, 1.165) is 39.9 Å². The highest BCUT2D eigenvalue weighted by Gasteiger charge is 2.26. The third kappa shape index (κ3) is 4.94. The number of aryl methyl sites for hydroxylation is 1. The molecule has 1 heterocycles. The predicted molar refractivity (Wildman–Crippen MR) is 109 cm³/mol. The fraction of sp³-hybridized carbons (Fsp3) is 0.545. The molecule has 0 unspecified atom stereocenters. The molecular weight excluding hydrogens is 340 g/mol. The predicted octanol–water partition coefficient (Wildman–Crippen LogP) is 5.73. The van der Waals surface area contributed by atoms with Gasteiger partial charge in [-0.2, -0.15) is 0 Å². The molecular formula is C22H30N2OS. The van der Waals surface area contributed by atoms with Gasteiger partial charge in [0.1, 0.15) is 5.01 Å². The van der Waals surface area contributed by atoms with Gasteiger partial charge < -0.3 is 5.32 Å². The molecule has 26 heavy (non-hydrogen) atoms. The number of hydrogen-bond donors (Lipinski definition) is 1. The van der Waals surface area contributed by atoms with Crippen LogP contribution in [0, 0.1) is 18.8 Å². The van der Waals surface area contributed by atoms with E-state index in [0.29, 0.717) is 6.54 Å². The summed E-state index contributed by atoms with van der Waals surface area (Å²) in [6.07, 6.45) is 8.49. The number of carbonyl (C=O) groups is 1. The number of thiazole rings is 1. The lowest BCUT2D eigenvalue weighted by Crippen LogP contribution is -2.32. The molecule has 1 aromatic carbocycles. The van der Waals surface area contributed by atoms with Crippen LogP contribution in [0.4, 0.5) is 0 Å². The lowest BCUT2D eigenvalue weighted by Gasteiger charge is -2.27. The van der Waals surface area contributed by atoms with Crippen LogP contribution in [0.5, 0.6) is 0 Å². The number of nitrogens with one attached hydrogen (secondary N) is 1. The van der Waals surface area contributed by atoms with E-state index in [1.54, 1.807) is 11.3 Å². The van der Waals surface area contributed by atoms with E-state index in [2.05, 4.69) is 29.4 Å². The Hall–Kier alpha value is -1.68. The summed E-state index contributed by atoms with van der Waals surface area (Å²) < 4.78 is 0. The second-order valence-corrected chi connectivity index (χ2v) is 8.55. The van der Waals surface area contributed by atoms with Crippen LogP contribution in [0.25, 0.3) is 10.6 Å². The van der Waals surface area contributed by atoms with Gasteiger partial charge in [-0.15, -0.1) is 11.3 Å².